The van der Waals surface area contributed by atoms with E-state index >= 15 is 0 Å². The molecule has 0 aliphatic carbocycles. The van der Waals surface area contributed by atoms with Gasteiger partial charge in [-0.3, -0.25) is 4.79 Å². The number of aliphatic carboxylic acids is 1. The summed E-state index contributed by atoms with van der Waals surface area (Å²) >= 11 is 7.39. The van der Waals surface area contributed by atoms with Gasteiger partial charge in [0.15, 0.2) is 6.10 Å². The van der Waals surface area contributed by atoms with Crippen LogP contribution >= 0.6 is 28.6 Å². The predicted octanol–water partition coefficient (Wildman–Crippen LogP) is 2.12. The molecule has 0 radical (unpaired) electrons. The van der Waals surface area contributed by atoms with Crippen molar-refractivity contribution < 1.29 is 19.8 Å². The summed E-state index contributed by atoms with van der Waals surface area (Å²) in [7, 11) is 0. The van der Waals surface area contributed by atoms with Crippen molar-refractivity contribution in [2.24, 2.45) is 0 Å². The van der Waals surface area contributed by atoms with Crippen molar-refractivity contribution in [3.63, 3.8) is 0 Å². The number of carboxylic acid groups (broad SMARTS) is 1. The number of halogens is 1. The van der Waals surface area contributed by atoms with Crippen LogP contribution in [0.2, 0.25) is 0 Å². The van der Waals surface area contributed by atoms with Crippen LogP contribution in [0.4, 0.5) is 0 Å². The molecule has 0 aliphatic heterocycles. The van der Waals surface area contributed by atoms with Gasteiger partial charge in [-0.2, -0.15) is 0 Å². The molecule has 1 rings (SSSR count). The van der Waals surface area contributed by atoms with Gasteiger partial charge in [0.25, 0.3) is 0 Å². The quantitative estimate of drug-likeness (QED) is 0.587. The molecule has 0 fully saturated rings. The molecule has 0 spiro atoms. The zero-order valence-electron chi connectivity index (χ0n) is 8.92. The molecule has 2 atom stereocenters. The molecule has 0 aliphatic rings. The van der Waals surface area contributed by atoms with Crippen LogP contribution in [0.1, 0.15) is 29.0 Å². The van der Waals surface area contributed by atoms with Crippen LogP contribution < -0.4 is 0 Å². The van der Waals surface area contributed by atoms with Crippen molar-refractivity contribution in [3.05, 3.63) is 29.3 Å². The van der Waals surface area contributed by atoms with Gasteiger partial charge < -0.3 is 10.2 Å². The number of rotatable bonds is 4. The maximum absolute atomic E-state index is 11.2. The number of alkyl halides is 1. The lowest BCUT2D eigenvalue weighted by Gasteiger charge is -2.12. The third kappa shape index (κ3) is 3.31. The van der Waals surface area contributed by atoms with Crippen molar-refractivity contribution in [1.29, 1.82) is 0 Å². The van der Waals surface area contributed by atoms with Crippen LogP contribution in [0.15, 0.2) is 23.1 Å². The monoisotopic (exact) mass is 318 g/mol. The largest absolute Gasteiger partial charge is 0.479 e. The molecular formula is C11H11BrO4S. The molecule has 6 heteroatoms. The van der Waals surface area contributed by atoms with E-state index in [1.54, 1.807) is 6.07 Å². The van der Waals surface area contributed by atoms with E-state index in [0.29, 0.717) is 10.5 Å². The SMILES string of the molecule is CC(=O)C(Br)c1ccc(C(O)C(=O)O)cc1S. The summed E-state index contributed by atoms with van der Waals surface area (Å²) < 4.78 is 0. The molecule has 0 saturated heterocycles. The summed E-state index contributed by atoms with van der Waals surface area (Å²) in [6.07, 6.45) is -1.58. The Bertz CT molecular complexity index is 461. The molecule has 0 amide bonds. The number of carbonyl (C=O) groups is 2. The number of carbonyl (C=O) groups excluding carboxylic acids is 1. The van der Waals surface area contributed by atoms with Crippen LogP contribution in [-0.2, 0) is 9.59 Å². The van der Waals surface area contributed by atoms with Gasteiger partial charge in [-0.15, -0.1) is 12.6 Å². The van der Waals surface area contributed by atoms with Gasteiger partial charge in [0.2, 0.25) is 0 Å². The highest BCUT2D eigenvalue weighted by molar-refractivity contribution is 9.09. The fourth-order valence-electron chi connectivity index (χ4n) is 1.31. The molecule has 0 heterocycles. The Morgan fingerprint density at radius 1 is 1.41 bits per heavy atom. The van der Waals surface area contributed by atoms with Crippen molar-refractivity contribution in [2.75, 3.05) is 0 Å². The van der Waals surface area contributed by atoms with Crippen molar-refractivity contribution >= 4 is 40.3 Å². The van der Waals surface area contributed by atoms with Gasteiger partial charge in [-0.1, -0.05) is 28.1 Å². The van der Waals surface area contributed by atoms with Crippen LogP contribution in [0.3, 0.4) is 0 Å². The second-order valence-corrected chi connectivity index (χ2v) is 4.93. The fraction of sp³-hybridized carbons (Fsp3) is 0.273. The zero-order valence-corrected chi connectivity index (χ0v) is 11.4. The fourth-order valence-corrected chi connectivity index (χ4v) is 2.24. The smallest absolute Gasteiger partial charge is 0.337 e. The number of aliphatic hydroxyl groups is 1. The Morgan fingerprint density at radius 3 is 2.41 bits per heavy atom. The first-order chi connectivity index (χ1) is 7.84. The van der Waals surface area contributed by atoms with Crippen LogP contribution in [0, 0.1) is 0 Å². The van der Waals surface area contributed by atoms with Gasteiger partial charge in [-0.25, -0.2) is 4.79 Å². The summed E-state index contributed by atoms with van der Waals surface area (Å²) in [5, 5.41) is 18.0. The van der Waals surface area contributed by atoms with Crippen molar-refractivity contribution in [2.45, 2.75) is 22.8 Å². The normalized spacial score (nSPS) is 14.1. The lowest BCUT2D eigenvalue weighted by molar-refractivity contribution is -0.147. The first-order valence-electron chi connectivity index (χ1n) is 4.72. The topological polar surface area (TPSA) is 74.6 Å². The minimum Gasteiger partial charge on any atom is -0.479 e. The average Bonchev–Trinajstić information content (AvgIpc) is 2.26. The first kappa shape index (κ1) is 14.2. The number of ketones is 1. The molecule has 4 nitrogen and oxygen atoms in total. The van der Waals surface area contributed by atoms with E-state index in [-0.39, 0.29) is 11.3 Å². The molecule has 0 saturated carbocycles. The summed E-state index contributed by atoms with van der Waals surface area (Å²) in [6, 6.07) is 4.48. The average molecular weight is 319 g/mol. The number of thiol groups is 1. The van der Waals surface area contributed by atoms with Crippen molar-refractivity contribution in [3.8, 4) is 0 Å². The maximum Gasteiger partial charge on any atom is 0.337 e. The highest BCUT2D eigenvalue weighted by atomic mass is 79.9. The number of hydrogen-bond donors (Lipinski definition) is 3. The second kappa shape index (κ2) is 5.66. The Balaban J connectivity index is 3.10. The van der Waals surface area contributed by atoms with E-state index in [1.807, 2.05) is 0 Å². The third-order valence-corrected chi connectivity index (χ3v) is 3.76. The molecular weight excluding hydrogens is 308 g/mol. The van der Waals surface area contributed by atoms with Gasteiger partial charge in [0, 0.05) is 4.90 Å². The van der Waals surface area contributed by atoms with Gasteiger partial charge >= 0.3 is 5.97 Å². The number of hydrogen-bond acceptors (Lipinski definition) is 4. The third-order valence-electron chi connectivity index (χ3n) is 2.23. The highest BCUT2D eigenvalue weighted by Gasteiger charge is 2.20. The summed E-state index contributed by atoms with van der Waals surface area (Å²) in [5.41, 5.74) is 0.872. The number of aliphatic hydroxyl groups excluding tert-OH is 1. The molecule has 92 valence electrons. The maximum atomic E-state index is 11.2. The molecule has 2 N–H and O–H groups in total. The van der Waals surface area contributed by atoms with E-state index in [9.17, 15) is 14.7 Å². The molecule has 1 aromatic rings. The van der Waals surface area contributed by atoms with Gasteiger partial charge in [0.1, 0.15) is 5.78 Å². The number of carboxylic acids is 1. The Morgan fingerprint density at radius 2 is 2.00 bits per heavy atom. The Hall–Kier alpha value is -0.850. The molecule has 1 aromatic carbocycles. The lowest BCUT2D eigenvalue weighted by Crippen LogP contribution is -2.11. The predicted molar refractivity (Wildman–Crippen MR) is 68.6 cm³/mol. The first-order valence-corrected chi connectivity index (χ1v) is 6.09. The van der Waals surface area contributed by atoms with Crippen molar-refractivity contribution in [1.82, 2.24) is 0 Å². The molecule has 0 aromatic heterocycles. The number of Topliss-reactive ketones (excluding diaryl/α,β-unsaturated/α-hetero) is 1. The van der Waals surface area contributed by atoms with E-state index in [1.165, 1.54) is 19.1 Å². The zero-order chi connectivity index (χ0) is 13.2. The summed E-state index contributed by atoms with van der Waals surface area (Å²) in [5.74, 6) is -1.40. The van der Waals surface area contributed by atoms with E-state index in [2.05, 4.69) is 28.6 Å². The van der Waals surface area contributed by atoms with E-state index < -0.39 is 16.9 Å². The highest BCUT2D eigenvalue weighted by Crippen LogP contribution is 2.31. The molecule has 0 bridgehead atoms. The summed E-state index contributed by atoms with van der Waals surface area (Å²) in [4.78, 5) is 21.8. The Kier molecular flexibility index (Phi) is 4.73. The van der Waals surface area contributed by atoms with E-state index in [0.717, 1.165) is 0 Å². The minimum atomic E-state index is -1.58. The lowest BCUT2D eigenvalue weighted by atomic mass is 10.0. The minimum absolute atomic E-state index is 0.0770. The second-order valence-electron chi connectivity index (χ2n) is 3.53. The van der Waals surface area contributed by atoms with Crippen LogP contribution in [0.5, 0.6) is 0 Å². The Labute approximate surface area is 112 Å². The van der Waals surface area contributed by atoms with Gasteiger partial charge in [0.05, 0.1) is 4.83 Å². The van der Waals surface area contributed by atoms with Crippen LogP contribution in [0.25, 0.3) is 0 Å². The van der Waals surface area contributed by atoms with Crippen LogP contribution in [-0.4, -0.2) is 22.0 Å². The standard InChI is InChI=1S/C11H11BrO4S/c1-5(13)9(12)7-3-2-6(4-8(7)17)10(14)11(15)16/h2-4,9-10,14,17H,1H3,(H,15,16). The van der Waals surface area contributed by atoms with E-state index in [4.69, 9.17) is 5.11 Å². The summed E-state index contributed by atoms with van der Waals surface area (Å²) in [6.45, 7) is 1.44. The molecule has 17 heavy (non-hydrogen) atoms. The van der Waals surface area contributed by atoms with Gasteiger partial charge in [-0.05, 0) is 24.1 Å². The number of benzene rings is 1. The molecule has 2 unspecified atom stereocenters.